The first kappa shape index (κ1) is 10.5. The van der Waals surface area contributed by atoms with E-state index in [-0.39, 0.29) is 0 Å². The third-order valence-electron chi connectivity index (χ3n) is 2.27. The molecule has 0 spiro atoms. The predicted molar refractivity (Wildman–Crippen MR) is 67.8 cm³/mol. The van der Waals surface area contributed by atoms with Crippen LogP contribution in [0.2, 0.25) is 5.02 Å². The zero-order valence-electron chi connectivity index (χ0n) is 8.46. The first-order chi connectivity index (χ1) is 7.25. The van der Waals surface area contributed by atoms with Gasteiger partial charge in [0.15, 0.2) is 0 Å². The molecule has 15 heavy (non-hydrogen) atoms. The molecule has 0 fully saturated rings. The van der Waals surface area contributed by atoms with Crippen LogP contribution >= 0.6 is 22.9 Å². The van der Waals surface area contributed by atoms with Crippen molar-refractivity contribution in [2.45, 2.75) is 13.5 Å². The van der Waals surface area contributed by atoms with Crippen LogP contribution in [0.3, 0.4) is 0 Å². The summed E-state index contributed by atoms with van der Waals surface area (Å²) in [4.78, 5) is 1.38. The summed E-state index contributed by atoms with van der Waals surface area (Å²) in [5.74, 6) is 0. The van der Waals surface area contributed by atoms with Gasteiger partial charge in [0, 0.05) is 22.1 Å². The monoisotopic (exact) mass is 237 g/mol. The van der Waals surface area contributed by atoms with E-state index in [0.29, 0.717) is 0 Å². The van der Waals surface area contributed by atoms with E-state index in [9.17, 15) is 0 Å². The molecule has 0 aliphatic carbocycles. The average molecular weight is 238 g/mol. The molecule has 0 bridgehead atoms. The van der Waals surface area contributed by atoms with Crippen molar-refractivity contribution in [2.24, 2.45) is 0 Å². The van der Waals surface area contributed by atoms with Gasteiger partial charge in [0.05, 0.1) is 0 Å². The van der Waals surface area contributed by atoms with E-state index in [1.54, 1.807) is 11.3 Å². The van der Waals surface area contributed by atoms with Gasteiger partial charge in [-0.25, -0.2) is 0 Å². The number of hydrogen-bond donors (Lipinski definition) is 1. The van der Waals surface area contributed by atoms with Crippen molar-refractivity contribution in [3.8, 4) is 0 Å². The highest BCUT2D eigenvalue weighted by atomic mass is 35.5. The average Bonchev–Trinajstić information content (AvgIpc) is 2.63. The molecule has 0 saturated heterocycles. The summed E-state index contributed by atoms with van der Waals surface area (Å²) < 4.78 is 0. The van der Waals surface area contributed by atoms with Gasteiger partial charge in [0.1, 0.15) is 0 Å². The third-order valence-corrected chi connectivity index (χ3v) is 3.54. The quantitative estimate of drug-likeness (QED) is 0.838. The van der Waals surface area contributed by atoms with Crippen LogP contribution < -0.4 is 5.32 Å². The molecule has 1 aromatic carbocycles. The second kappa shape index (κ2) is 4.69. The lowest BCUT2D eigenvalue weighted by Gasteiger charge is -2.05. The molecule has 0 radical (unpaired) electrons. The Kier molecular flexibility index (Phi) is 3.29. The number of thiophene rings is 1. The minimum atomic E-state index is 0.771. The number of anilines is 1. The molecule has 0 unspecified atom stereocenters. The van der Waals surface area contributed by atoms with E-state index in [2.05, 4.69) is 23.7 Å². The van der Waals surface area contributed by atoms with Gasteiger partial charge in [-0.05, 0) is 48.2 Å². The molecule has 0 aliphatic rings. The van der Waals surface area contributed by atoms with Gasteiger partial charge in [-0.15, -0.1) is 11.3 Å². The van der Waals surface area contributed by atoms with Crippen molar-refractivity contribution in [2.75, 3.05) is 5.32 Å². The summed E-state index contributed by atoms with van der Waals surface area (Å²) in [7, 11) is 0. The van der Waals surface area contributed by atoms with E-state index in [0.717, 1.165) is 17.3 Å². The molecule has 2 rings (SSSR count). The zero-order valence-corrected chi connectivity index (χ0v) is 10.0. The summed E-state index contributed by atoms with van der Waals surface area (Å²) >= 11 is 7.59. The Labute approximate surface area is 98.7 Å². The minimum absolute atomic E-state index is 0.771. The maximum Gasteiger partial charge on any atom is 0.0496 e. The number of halogens is 1. The lowest BCUT2D eigenvalue weighted by molar-refractivity contribution is 1.17. The highest BCUT2D eigenvalue weighted by molar-refractivity contribution is 7.10. The smallest absolute Gasteiger partial charge is 0.0496 e. The standard InChI is InChI=1S/C12H12ClNS/c1-9-6-7-15-12(9)8-14-11-4-2-10(13)3-5-11/h2-7,14H,8H2,1H3. The molecule has 1 heterocycles. The highest BCUT2D eigenvalue weighted by Gasteiger charge is 1.99. The lowest BCUT2D eigenvalue weighted by atomic mass is 10.3. The van der Waals surface area contributed by atoms with Crippen LogP contribution in [0.4, 0.5) is 5.69 Å². The van der Waals surface area contributed by atoms with Crippen LogP contribution in [0.25, 0.3) is 0 Å². The molecular weight excluding hydrogens is 226 g/mol. The summed E-state index contributed by atoms with van der Waals surface area (Å²) in [6.07, 6.45) is 0. The fraction of sp³-hybridized carbons (Fsp3) is 0.167. The molecule has 1 nitrogen and oxygen atoms in total. The maximum atomic E-state index is 5.81. The Morgan fingerprint density at radius 2 is 1.93 bits per heavy atom. The first-order valence-electron chi connectivity index (χ1n) is 4.78. The van der Waals surface area contributed by atoms with Crippen LogP contribution in [0.1, 0.15) is 10.4 Å². The van der Waals surface area contributed by atoms with Gasteiger partial charge < -0.3 is 5.32 Å². The molecule has 2 aromatic rings. The van der Waals surface area contributed by atoms with Gasteiger partial charge in [-0.1, -0.05) is 11.6 Å². The summed E-state index contributed by atoms with van der Waals surface area (Å²) in [6.45, 7) is 3.01. The Morgan fingerprint density at radius 1 is 1.20 bits per heavy atom. The second-order valence-electron chi connectivity index (χ2n) is 3.39. The van der Waals surface area contributed by atoms with Gasteiger partial charge in [0.2, 0.25) is 0 Å². The van der Waals surface area contributed by atoms with Crippen molar-refractivity contribution in [1.82, 2.24) is 0 Å². The van der Waals surface area contributed by atoms with Crippen LogP contribution in [0, 0.1) is 6.92 Å². The highest BCUT2D eigenvalue weighted by Crippen LogP contribution is 2.18. The lowest BCUT2D eigenvalue weighted by Crippen LogP contribution is -1.98. The summed E-state index contributed by atoms with van der Waals surface area (Å²) in [5, 5.41) is 6.26. The Balaban J connectivity index is 1.99. The summed E-state index contributed by atoms with van der Waals surface area (Å²) in [5.41, 5.74) is 2.45. The van der Waals surface area contributed by atoms with E-state index in [1.165, 1.54) is 10.4 Å². The predicted octanol–water partition coefficient (Wildman–Crippen LogP) is 4.32. The van der Waals surface area contributed by atoms with Gasteiger partial charge in [-0.3, -0.25) is 0 Å². The van der Waals surface area contributed by atoms with E-state index >= 15 is 0 Å². The van der Waals surface area contributed by atoms with Gasteiger partial charge >= 0.3 is 0 Å². The molecule has 0 saturated carbocycles. The topological polar surface area (TPSA) is 12.0 Å². The molecule has 3 heteroatoms. The second-order valence-corrected chi connectivity index (χ2v) is 4.82. The van der Waals surface area contributed by atoms with Crippen LogP contribution in [-0.2, 0) is 6.54 Å². The van der Waals surface area contributed by atoms with E-state index in [4.69, 9.17) is 11.6 Å². The molecule has 0 aliphatic heterocycles. The first-order valence-corrected chi connectivity index (χ1v) is 6.04. The molecule has 1 aromatic heterocycles. The molecule has 1 N–H and O–H groups in total. The minimum Gasteiger partial charge on any atom is -0.380 e. The van der Waals surface area contributed by atoms with Gasteiger partial charge in [0.25, 0.3) is 0 Å². The number of nitrogens with one attached hydrogen (secondary N) is 1. The third kappa shape index (κ3) is 2.74. The molecular formula is C12H12ClNS. The van der Waals surface area contributed by atoms with Crippen molar-refractivity contribution >= 4 is 28.6 Å². The van der Waals surface area contributed by atoms with Crippen LogP contribution in [0.5, 0.6) is 0 Å². The molecule has 78 valence electrons. The van der Waals surface area contributed by atoms with Crippen LogP contribution in [0.15, 0.2) is 35.7 Å². The Hall–Kier alpha value is -0.990. The van der Waals surface area contributed by atoms with Gasteiger partial charge in [-0.2, -0.15) is 0 Å². The Morgan fingerprint density at radius 3 is 2.53 bits per heavy atom. The number of aryl methyl sites for hydroxylation is 1. The molecule has 0 atom stereocenters. The van der Waals surface area contributed by atoms with E-state index < -0.39 is 0 Å². The molecule has 0 amide bonds. The Bertz CT molecular complexity index is 433. The maximum absolute atomic E-state index is 5.81. The fourth-order valence-electron chi connectivity index (χ4n) is 1.34. The van der Waals surface area contributed by atoms with Crippen molar-refractivity contribution in [3.63, 3.8) is 0 Å². The largest absolute Gasteiger partial charge is 0.380 e. The normalized spacial score (nSPS) is 10.3. The number of hydrogen-bond acceptors (Lipinski definition) is 2. The summed E-state index contributed by atoms with van der Waals surface area (Å²) in [6, 6.07) is 9.91. The van der Waals surface area contributed by atoms with Crippen LogP contribution in [-0.4, -0.2) is 0 Å². The van der Waals surface area contributed by atoms with E-state index in [1.807, 2.05) is 24.3 Å². The number of benzene rings is 1. The van der Waals surface area contributed by atoms with Crippen molar-refractivity contribution in [3.05, 3.63) is 51.2 Å². The van der Waals surface area contributed by atoms with Crippen molar-refractivity contribution in [1.29, 1.82) is 0 Å². The van der Waals surface area contributed by atoms with Crippen molar-refractivity contribution < 1.29 is 0 Å². The SMILES string of the molecule is Cc1ccsc1CNc1ccc(Cl)cc1. The zero-order chi connectivity index (χ0) is 10.7. The fourth-order valence-corrected chi connectivity index (χ4v) is 2.31. The number of rotatable bonds is 3.